The average molecular weight is 276 g/mol. The highest BCUT2D eigenvalue weighted by atomic mass is 16.1. The highest BCUT2D eigenvalue weighted by Crippen LogP contribution is 2.21. The van der Waals surface area contributed by atoms with Crippen molar-refractivity contribution in [1.29, 1.82) is 0 Å². The van der Waals surface area contributed by atoms with Gasteiger partial charge in [-0.05, 0) is 68.3 Å². The monoisotopic (exact) mass is 276 g/mol. The molecule has 0 aliphatic rings. The average Bonchev–Trinajstić information content (AvgIpc) is 2.32. The molecule has 112 valence electrons. The van der Waals surface area contributed by atoms with Gasteiger partial charge in [-0.25, -0.2) is 0 Å². The quantitative estimate of drug-likeness (QED) is 0.798. The van der Waals surface area contributed by atoms with Crippen LogP contribution in [0.1, 0.15) is 44.2 Å². The fourth-order valence-corrected chi connectivity index (χ4v) is 2.61. The molecule has 0 saturated heterocycles. The Morgan fingerprint density at radius 1 is 1.15 bits per heavy atom. The maximum absolute atomic E-state index is 12.0. The van der Waals surface area contributed by atoms with Gasteiger partial charge in [0.15, 0.2) is 0 Å². The zero-order chi connectivity index (χ0) is 15.1. The minimum Gasteiger partial charge on any atom is -0.330 e. The van der Waals surface area contributed by atoms with Gasteiger partial charge < -0.3 is 11.1 Å². The van der Waals surface area contributed by atoms with Gasteiger partial charge in [0.25, 0.3) is 0 Å². The molecule has 0 fully saturated rings. The van der Waals surface area contributed by atoms with Crippen molar-refractivity contribution in [2.75, 3.05) is 11.9 Å². The summed E-state index contributed by atoms with van der Waals surface area (Å²) in [6, 6.07) is 6.11. The van der Waals surface area contributed by atoms with Gasteiger partial charge in [-0.1, -0.05) is 19.9 Å². The Morgan fingerprint density at radius 2 is 1.75 bits per heavy atom. The number of carbonyl (C=O) groups is 1. The van der Waals surface area contributed by atoms with Crippen molar-refractivity contribution in [2.24, 2.45) is 17.6 Å². The molecular weight excluding hydrogens is 248 g/mol. The molecule has 0 saturated carbocycles. The van der Waals surface area contributed by atoms with Crippen molar-refractivity contribution in [1.82, 2.24) is 0 Å². The lowest BCUT2D eigenvalue weighted by Gasteiger charge is -2.19. The van der Waals surface area contributed by atoms with E-state index in [1.54, 1.807) is 0 Å². The van der Waals surface area contributed by atoms with Crippen molar-refractivity contribution in [3.05, 3.63) is 29.3 Å². The smallest absolute Gasteiger partial charge is 0.224 e. The fourth-order valence-electron chi connectivity index (χ4n) is 2.61. The number of hydrogen-bond donors (Lipinski definition) is 2. The second kappa shape index (κ2) is 8.05. The second-order valence-corrected chi connectivity index (χ2v) is 6.04. The zero-order valence-corrected chi connectivity index (χ0v) is 13.2. The Kier molecular flexibility index (Phi) is 6.73. The number of aryl methyl sites for hydroxylation is 2. The summed E-state index contributed by atoms with van der Waals surface area (Å²) in [7, 11) is 0. The summed E-state index contributed by atoms with van der Waals surface area (Å²) in [5.41, 5.74) is 8.87. The summed E-state index contributed by atoms with van der Waals surface area (Å²) >= 11 is 0. The molecule has 1 aromatic carbocycles. The Labute approximate surface area is 122 Å². The Balaban J connectivity index is 2.50. The standard InChI is InChI=1S/C17H28N2O/c1-12(2)15(7-8-18)5-6-17(20)19-16-10-13(3)9-14(4)11-16/h9-12,15H,5-8,18H2,1-4H3,(H,19,20). The number of benzene rings is 1. The molecule has 0 heterocycles. The molecular formula is C17H28N2O. The summed E-state index contributed by atoms with van der Waals surface area (Å²) in [5, 5.41) is 2.99. The lowest BCUT2D eigenvalue weighted by molar-refractivity contribution is -0.116. The summed E-state index contributed by atoms with van der Waals surface area (Å²) in [6.45, 7) is 9.17. The molecule has 1 rings (SSSR count). The van der Waals surface area contributed by atoms with Crippen LogP contribution in [0.15, 0.2) is 18.2 Å². The van der Waals surface area contributed by atoms with E-state index >= 15 is 0 Å². The van der Waals surface area contributed by atoms with Crippen LogP contribution in [0.25, 0.3) is 0 Å². The van der Waals surface area contributed by atoms with E-state index in [1.807, 2.05) is 26.0 Å². The number of nitrogens with one attached hydrogen (secondary N) is 1. The molecule has 0 aromatic heterocycles. The molecule has 3 nitrogen and oxygen atoms in total. The predicted molar refractivity (Wildman–Crippen MR) is 85.8 cm³/mol. The van der Waals surface area contributed by atoms with Crippen molar-refractivity contribution in [3.8, 4) is 0 Å². The number of rotatable bonds is 7. The van der Waals surface area contributed by atoms with Gasteiger partial charge in [-0.2, -0.15) is 0 Å². The topological polar surface area (TPSA) is 55.1 Å². The maximum atomic E-state index is 12.0. The van der Waals surface area contributed by atoms with E-state index in [0.717, 1.165) is 18.5 Å². The molecule has 0 spiro atoms. The number of amides is 1. The van der Waals surface area contributed by atoms with Gasteiger partial charge in [0.2, 0.25) is 5.91 Å². The number of hydrogen-bond acceptors (Lipinski definition) is 2. The van der Waals surface area contributed by atoms with Gasteiger partial charge in [-0.15, -0.1) is 0 Å². The fraction of sp³-hybridized carbons (Fsp3) is 0.588. The lowest BCUT2D eigenvalue weighted by atomic mass is 9.88. The molecule has 1 atom stereocenters. The van der Waals surface area contributed by atoms with Crippen LogP contribution in [0.4, 0.5) is 5.69 Å². The van der Waals surface area contributed by atoms with Crippen LogP contribution < -0.4 is 11.1 Å². The van der Waals surface area contributed by atoms with E-state index in [1.165, 1.54) is 11.1 Å². The molecule has 0 bridgehead atoms. The van der Waals surface area contributed by atoms with E-state index in [-0.39, 0.29) is 5.91 Å². The molecule has 20 heavy (non-hydrogen) atoms. The highest BCUT2D eigenvalue weighted by Gasteiger charge is 2.14. The first kappa shape index (κ1) is 16.7. The predicted octanol–water partition coefficient (Wildman–Crippen LogP) is 3.64. The van der Waals surface area contributed by atoms with E-state index in [0.29, 0.717) is 24.8 Å². The summed E-state index contributed by atoms with van der Waals surface area (Å²) < 4.78 is 0. The lowest BCUT2D eigenvalue weighted by Crippen LogP contribution is -2.18. The molecule has 0 aliphatic heterocycles. The van der Waals surface area contributed by atoms with Gasteiger partial charge in [0.05, 0.1) is 0 Å². The summed E-state index contributed by atoms with van der Waals surface area (Å²) in [6.07, 6.45) is 2.47. The first-order valence-electron chi connectivity index (χ1n) is 7.50. The molecule has 3 N–H and O–H groups in total. The van der Waals surface area contributed by atoms with E-state index < -0.39 is 0 Å². The summed E-state index contributed by atoms with van der Waals surface area (Å²) in [5.74, 6) is 1.20. The molecule has 3 heteroatoms. The Morgan fingerprint density at radius 3 is 2.25 bits per heavy atom. The van der Waals surface area contributed by atoms with Crippen LogP contribution in [0.3, 0.4) is 0 Å². The van der Waals surface area contributed by atoms with Crippen molar-refractivity contribution in [2.45, 2.75) is 47.0 Å². The van der Waals surface area contributed by atoms with Crippen LogP contribution in [-0.2, 0) is 4.79 Å². The first-order chi connectivity index (χ1) is 9.42. The number of carbonyl (C=O) groups excluding carboxylic acids is 1. The van der Waals surface area contributed by atoms with Crippen molar-refractivity contribution >= 4 is 11.6 Å². The highest BCUT2D eigenvalue weighted by molar-refractivity contribution is 5.90. The van der Waals surface area contributed by atoms with Crippen LogP contribution in [0.2, 0.25) is 0 Å². The van der Waals surface area contributed by atoms with E-state index in [4.69, 9.17) is 5.73 Å². The van der Waals surface area contributed by atoms with Gasteiger partial charge in [0.1, 0.15) is 0 Å². The maximum Gasteiger partial charge on any atom is 0.224 e. The van der Waals surface area contributed by atoms with Gasteiger partial charge in [0, 0.05) is 12.1 Å². The Hall–Kier alpha value is -1.35. The molecule has 1 aromatic rings. The molecule has 0 radical (unpaired) electrons. The first-order valence-corrected chi connectivity index (χ1v) is 7.50. The normalized spacial score (nSPS) is 12.5. The largest absolute Gasteiger partial charge is 0.330 e. The van der Waals surface area contributed by atoms with Crippen LogP contribution in [0.5, 0.6) is 0 Å². The zero-order valence-electron chi connectivity index (χ0n) is 13.2. The van der Waals surface area contributed by atoms with Crippen LogP contribution >= 0.6 is 0 Å². The third-order valence-corrected chi connectivity index (χ3v) is 3.73. The van der Waals surface area contributed by atoms with Gasteiger partial charge >= 0.3 is 0 Å². The van der Waals surface area contributed by atoms with Crippen LogP contribution in [0, 0.1) is 25.7 Å². The van der Waals surface area contributed by atoms with Gasteiger partial charge in [-0.3, -0.25) is 4.79 Å². The third kappa shape index (κ3) is 5.74. The number of anilines is 1. The number of nitrogens with two attached hydrogens (primary N) is 1. The van der Waals surface area contributed by atoms with Crippen molar-refractivity contribution < 1.29 is 4.79 Å². The molecule has 0 aliphatic carbocycles. The van der Waals surface area contributed by atoms with Crippen molar-refractivity contribution in [3.63, 3.8) is 0 Å². The second-order valence-electron chi connectivity index (χ2n) is 6.04. The van der Waals surface area contributed by atoms with E-state index in [2.05, 4.69) is 25.2 Å². The Bertz CT molecular complexity index is 420. The molecule has 1 amide bonds. The third-order valence-electron chi connectivity index (χ3n) is 3.73. The van der Waals surface area contributed by atoms with E-state index in [9.17, 15) is 4.79 Å². The summed E-state index contributed by atoms with van der Waals surface area (Å²) in [4.78, 5) is 12.0. The SMILES string of the molecule is Cc1cc(C)cc(NC(=O)CCC(CCN)C(C)C)c1. The minimum atomic E-state index is 0.0951. The molecule has 1 unspecified atom stereocenters. The van der Waals surface area contributed by atoms with Crippen LogP contribution in [-0.4, -0.2) is 12.5 Å². The minimum absolute atomic E-state index is 0.0951.